The van der Waals surface area contributed by atoms with E-state index in [2.05, 4.69) is 30.4 Å². The fourth-order valence-electron chi connectivity index (χ4n) is 2.61. The fourth-order valence-corrected chi connectivity index (χ4v) is 2.61. The number of aliphatic imine (C=N–C) groups is 1. The van der Waals surface area contributed by atoms with Crippen molar-refractivity contribution < 1.29 is 4.39 Å². The summed E-state index contributed by atoms with van der Waals surface area (Å²) in [5, 5.41) is 4.20. The van der Waals surface area contributed by atoms with E-state index in [-0.39, 0.29) is 23.8 Å². The van der Waals surface area contributed by atoms with Crippen molar-refractivity contribution in [3.05, 3.63) is 71.0 Å². The summed E-state index contributed by atoms with van der Waals surface area (Å²) in [5.41, 5.74) is 5.87. The maximum Gasteiger partial charge on any atom is 0.149 e. The number of fused-ring (bicyclic) bond motifs is 1. The van der Waals surface area contributed by atoms with E-state index in [0.29, 0.717) is 5.56 Å². The lowest BCUT2D eigenvalue weighted by Crippen LogP contribution is -2.34. The normalized spacial score (nSPS) is 15.5. The SMILES string of the molecule is CC1(C)Cc2ccccc2C(NN=Cc2cccc(F)c2)=N1.Cl. The van der Waals surface area contributed by atoms with Gasteiger partial charge in [-0.3, -0.25) is 10.4 Å². The van der Waals surface area contributed by atoms with Crippen LogP contribution in [0.25, 0.3) is 0 Å². The molecule has 1 aliphatic heterocycles. The number of halogens is 2. The second-order valence-electron chi connectivity index (χ2n) is 6.03. The number of hydrogen-bond donors (Lipinski definition) is 1. The molecule has 0 saturated heterocycles. The van der Waals surface area contributed by atoms with Crippen molar-refractivity contribution in [1.29, 1.82) is 0 Å². The predicted molar refractivity (Wildman–Crippen MR) is 95.1 cm³/mol. The standard InChI is InChI=1S/C18H18FN3.ClH/c1-18(2)11-14-7-3-4-9-16(14)17(21-18)22-20-12-13-6-5-8-15(19)10-13;/h3-10,12H,11H2,1-2H3,(H,21,22);1H. The van der Waals surface area contributed by atoms with Crippen LogP contribution >= 0.6 is 12.4 Å². The van der Waals surface area contributed by atoms with Crippen molar-refractivity contribution in [2.45, 2.75) is 25.8 Å². The van der Waals surface area contributed by atoms with E-state index in [9.17, 15) is 4.39 Å². The predicted octanol–water partition coefficient (Wildman–Crippen LogP) is 3.95. The molecule has 1 heterocycles. The Balaban J connectivity index is 0.00000192. The molecule has 0 fully saturated rings. The molecule has 0 amide bonds. The Hall–Kier alpha value is -2.20. The minimum atomic E-state index is -0.273. The molecule has 0 bridgehead atoms. The molecule has 1 aliphatic rings. The van der Waals surface area contributed by atoms with Gasteiger partial charge >= 0.3 is 0 Å². The number of hydrogen-bond acceptors (Lipinski definition) is 3. The second-order valence-corrected chi connectivity index (χ2v) is 6.03. The van der Waals surface area contributed by atoms with Crippen LogP contribution in [0.4, 0.5) is 4.39 Å². The van der Waals surface area contributed by atoms with Crippen LogP contribution in [0.2, 0.25) is 0 Å². The van der Waals surface area contributed by atoms with E-state index in [4.69, 9.17) is 4.99 Å². The Morgan fingerprint density at radius 1 is 1.17 bits per heavy atom. The average Bonchev–Trinajstić information content (AvgIpc) is 2.46. The number of amidine groups is 1. The molecule has 120 valence electrons. The molecule has 23 heavy (non-hydrogen) atoms. The number of benzene rings is 2. The molecule has 0 radical (unpaired) electrons. The quantitative estimate of drug-likeness (QED) is 0.656. The summed E-state index contributed by atoms with van der Waals surface area (Å²) >= 11 is 0. The van der Waals surface area contributed by atoms with Crippen molar-refractivity contribution in [1.82, 2.24) is 5.43 Å². The van der Waals surface area contributed by atoms with Crippen molar-refractivity contribution in [3.63, 3.8) is 0 Å². The van der Waals surface area contributed by atoms with Gasteiger partial charge in [0, 0.05) is 5.56 Å². The molecule has 2 aromatic rings. The van der Waals surface area contributed by atoms with Gasteiger partial charge in [-0.15, -0.1) is 12.4 Å². The van der Waals surface area contributed by atoms with Crippen LogP contribution < -0.4 is 5.43 Å². The number of hydrazone groups is 1. The number of rotatable bonds is 2. The monoisotopic (exact) mass is 331 g/mol. The topological polar surface area (TPSA) is 36.8 Å². The van der Waals surface area contributed by atoms with E-state index >= 15 is 0 Å². The molecule has 0 saturated carbocycles. The van der Waals surface area contributed by atoms with Crippen LogP contribution in [0.5, 0.6) is 0 Å². The molecular weight excluding hydrogens is 313 g/mol. The van der Waals surface area contributed by atoms with Crippen molar-refractivity contribution in [3.8, 4) is 0 Å². The second kappa shape index (κ2) is 6.92. The van der Waals surface area contributed by atoms with Gasteiger partial charge in [0.05, 0.1) is 11.8 Å². The molecule has 3 rings (SSSR count). The number of nitrogens with zero attached hydrogens (tertiary/aromatic N) is 2. The molecule has 0 unspecified atom stereocenters. The van der Waals surface area contributed by atoms with Crippen molar-refractivity contribution in [2.24, 2.45) is 10.1 Å². The maximum atomic E-state index is 13.1. The molecular formula is C18H19ClFN3. The molecule has 2 aromatic carbocycles. The zero-order valence-electron chi connectivity index (χ0n) is 13.1. The first-order valence-electron chi connectivity index (χ1n) is 7.26. The third kappa shape index (κ3) is 4.17. The van der Waals surface area contributed by atoms with E-state index < -0.39 is 0 Å². The molecule has 5 heteroatoms. The highest BCUT2D eigenvalue weighted by Gasteiger charge is 2.26. The summed E-state index contributed by atoms with van der Waals surface area (Å²) in [6, 6.07) is 14.5. The first kappa shape index (κ1) is 17.2. The van der Waals surface area contributed by atoms with Crippen LogP contribution in [0.15, 0.2) is 58.6 Å². The summed E-state index contributed by atoms with van der Waals surface area (Å²) in [5.74, 6) is 0.477. The molecule has 0 atom stereocenters. The molecule has 0 aliphatic carbocycles. The average molecular weight is 332 g/mol. The zero-order chi connectivity index (χ0) is 15.6. The summed E-state index contributed by atoms with van der Waals surface area (Å²) in [6.45, 7) is 4.20. The molecule has 0 spiro atoms. The van der Waals surface area contributed by atoms with Gasteiger partial charge < -0.3 is 0 Å². The van der Waals surface area contributed by atoms with Crippen LogP contribution in [0, 0.1) is 5.82 Å². The first-order valence-corrected chi connectivity index (χ1v) is 7.26. The Labute approximate surface area is 141 Å². The minimum Gasteiger partial charge on any atom is -0.261 e. The van der Waals surface area contributed by atoms with Crippen LogP contribution in [0.1, 0.15) is 30.5 Å². The van der Waals surface area contributed by atoms with E-state index in [1.165, 1.54) is 17.7 Å². The summed E-state index contributed by atoms with van der Waals surface area (Å²) in [6.07, 6.45) is 2.50. The highest BCUT2D eigenvalue weighted by molar-refractivity contribution is 6.01. The van der Waals surface area contributed by atoms with Crippen molar-refractivity contribution in [2.75, 3.05) is 0 Å². The lowest BCUT2D eigenvalue weighted by atomic mass is 9.89. The van der Waals surface area contributed by atoms with Gasteiger partial charge in [0.25, 0.3) is 0 Å². The van der Waals surface area contributed by atoms with Gasteiger partial charge in [0.1, 0.15) is 11.7 Å². The smallest absolute Gasteiger partial charge is 0.149 e. The van der Waals surface area contributed by atoms with Crippen LogP contribution in [0.3, 0.4) is 0 Å². The van der Waals surface area contributed by atoms with Gasteiger partial charge in [0.2, 0.25) is 0 Å². The summed E-state index contributed by atoms with van der Waals surface area (Å²) in [7, 11) is 0. The Morgan fingerprint density at radius 3 is 2.74 bits per heavy atom. The minimum absolute atomic E-state index is 0. The third-order valence-electron chi connectivity index (χ3n) is 3.54. The van der Waals surface area contributed by atoms with E-state index in [0.717, 1.165) is 17.8 Å². The highest BCUT2D eigenvalue weighted by Crippen LogP contribution is 2.25. The Morgan fingerprint density at radius 2 is 1.96 bits per heavy atom. The first-order chi connectivity index (χ1) is 10.5. The number of nitrogens with one attached hydrogen (secondary N) is 1. The maximum absolute atomic E-state index is 13.1. The Bertz CT molecular complexity index is 753. The van der Waals surface area contributed by atoms with Gasteiger partial charge in [-0.25, -0.2) is 4.39 Å². The van der Waals surface area contributed by atoms with Crippen molar-refractivity contribution >= 4 is 24.5 Å². The lowest BCUT2D eigenvalue weighted by molar-refractivity contribution is 0.509. The highest BCUT2D eigenvalue weighted by atomic mass is 35.5. The summed E-state index contributed by atoms with van der Waals surface area (Å²) < 4.78 is 13.1. The van der Waals surface area contributed by atoms with Gasteiger partial charge in [-0.1, -0.05) is 36.4 Å². The lowest BCUT2D eigenvalue weighted by Gasteiger charge is -2.28. The van der Waals surface area contributed by atoms with E-state index in [1.54, 1.807) is 18.3 Å². The van der Waals surface area contributed by atoms with Crippen LogP contribution in [-0.4, -0.2) is 17.6 Å². The largest absolute Gasteiger partial charge is 0.261 e. The van der Waals surface area contributed by atoms with Gasteiger partial charge in [-0.05, 0) is 43.5 Å². The van der Waals surface area contributed by atoms with Gasteiger partial charge in [-0.2, -0.15) is 5.10 Å². The third-order valence-corrected chi connectivity index (χ3v) is 3.54. The van der Waals surface area contributed by atoms with Gasteiger partial charge in [0.15, 0.2) is 0 Å². The van der Waals surface area contributed by atoms with Crippen LogP contribution in [-0.2, 0) is 6.42 Å². The zero-order valence-corrected chi connectivity index (χ0v) is 13.9. The molecule has 3 nitrogen and oxygen atoms in total. The van der Waals surface area contributed by atoms with E-state index in [1.807, 2.05) is 18.2 Å². The Kier molecular flexibility index (Phi) is 5.16. The molecule has 1 N–H and O–H groups in total. The summed E-state index contributed by atoms with van der Waals surface area (Å²) in [4.78, 5) is 4.72. The fraction of sp³-hybridized carbons (Fsp3) is 0.222. The molecule has 0 aromatic heterocycles.